The fourth-order valence-corrected chi connectivity index (χ4v) is 3.74. The van der Waals surface area contributed by atoms with Crippen LogP contribution in [0.1, 0.15) is 0 Å². The van der Waals surface area contributed by atoms with Gasteiger partial charge in [-0.25, -0.2) is 20.4 Å². The Kier molecular flexibility index (Phi) is 5.42. The zero-order chi connectivity index (χ0) is 20.4. The Morgan fingerprint density at radius 1 is 1.34 bits per heavy atom. The number of hydrogen-bond donors (Lipinski definition) is 4. The summed E-state index contributed by atoms with van der Waals surface area (Å²) in [5.41, 5.74) is 9.08. The first-order valence-electron chi connectivity index (χ1n) is 8.54. The minimum Gasteiger partial charge on any atom is -0.454 e. The summed E-state index contributed by atoms with van der Waals surface area (Å²) in [5, 5.41) is 12.1. The number of amides is 1. The van der Waals surface area contributed by atoms with E-state index in [0.717, 1.165) is 4.90 Å². The molecule has 0 bridgehead atoms. The Balaban J connectivity index is 1.63. The number of nitrogen functional groups attached to an aromatic ring is 1. The fourth-order valence-electron chi connectivity index (χ4n) is 2.77. The van der Waals surface area contributed by atoms with Gasteiger partial charge in [0.05, 0.1) is 6.54 Å². The number of anilines is 1. The number of carbonyl (C=O) groups excluding carboxylic acids is 1. The van der Waals surface area contributed by atoms with Gasteiger partial charge in [0, 0.05) is 18.0 Å². The lowest BCUT2D eigenvalue weighted by atomic mass is 9.96. The van der Waals surface area contributed by atoms with Gasteiger partial charge in [-0.1, -0.05) is 17.2 Å². The minimum atomic E-state index is -0.533. The molecule has 148 valence electrons. The van der Waals surface area contributed by atoms with Crippen molar-refractivity contribution in [3.63, 3.8) is 0 Å². The summed E-state index contributed by atoms with van der Waals surface area (Å²) in [6.45, 7) is 0.990. The van der Waals surface area contributed by atoms with Crippen LogP contribution >= 0.6 is 11.8 Å². The summed E-state index contributed by atoms with van der Waals surface area (Å²) in [7, 11) is 6.16. The lowest BCUT2D eigenvalue weighted by Gasteiger charge is -2.11. The number of imidazole rings is 1. The van der Waals surface area contributed by atoms with Crippen molar-refractivity contribution < 1.29 is 19.5 Å². The molecule has 3 aromatic rings. The second-order valence-corrected chi connectivity index (χ2v) is 7.04. The SMILES string of the molecule is [B]c1cc2c(cc1Sc1nc3c(N)ncnc3n1CCNCC(=O)NO)OCO2. The van der Waals surface area contributed by atoms with Crippen molar-refractivity contribution in [1.82, 2.24) is 30.3 Å². The van der Waals surface area contributed by atoms with E-state index in [4.69, 9.17) is 28.3 Å². The number of fused-ring (bicyclic) bond motifs is 2. The zero-order valence-electron chi connectivity index (χ0n) is 15.1. The summed E-state index contributed by atoms with van der Waals surface area (Å²) in [6.07, 6.45) is 1.37. The van der Waals surface area contributed by atoms with Crippen molar-refractivity contribution in [2.24, 2.45) is 0 Å². The molecule has 13 heteroatoms. The maximum absolute atomic E-state index is 11.1. The van der Waals surface area contributed by atoms with Crippen LogP contribution in [-0.2, 0) is 11.3 Å². The Morgan fingerprint density at radius 3 is 2.93 bits per heavy atom. The van der Waals surface area contributed by atoms with Crippen molar-refractivity contribution in [1.29, 1.82) is 0 Å². The van der Waals surface area contributed by atoms with Gasteiger partial charge in [0.15, 0.2) is 33.6 Å². The molecule has 1 aromatic carbocycles. The number of benzene rings is 1. The molecule has 4 rings (SSSR count). The molecule has 1 aliphatic heterocycles. The average molecular weight is 413 g/mol. The summed E-state index contributed by atoms with van der Waals surface area (Å²) < 4.78 is 12.6. The third-order valence-electron chi connectivity index (χ3n) is 4.15. The second kappa shape index (κ2) is 8.15. The molecule has 0 fully saturated rings. The number of ether oxygens (including phenoxy) is 2. The maximum atomic E-state index is 11.1. The normalized spacial score (nSPS) is 12.4. The number of aromatic nitrogens is 4. The number of nitrogens with two attached hydrogens (primary N) is 1. The molecule has 0 spiro atoms. The van der Waals surface area contributed by atoms with E-state index in [-0.39, 0.29) is 19.2 Å². The zero-order valence-corrected chi connectivity index (χ0v) is 15.9. The van der Waals surface area contributed by atoms with Crippen LogP contribution in [0.15, 0.2) is 28.5 Å². The van der Waals surface area contributed by atoms with Gasteiger partial charge < -0.3 is 25.1 Å². The molecule has 0 saturated carbocycles. The van der Waals surface area contributed by atoms with Crippen LogP contribution in [0.25, 0.3) is 11.2 Å². The Bertz CT molecular complexity index is 1080. The van der Waals surface area contributed by atoms with Gasteiger partial charge in [-0.2, -0.15) is 0 Å². The number of hydrogen-bond acceptors (Lipinski definition) is 10. The predicted molar refractivity (Wildman–Crippen MR) is 105 cm³/mol. The van der Waals surface area contributed by atoms with Gasteiger partial charge in [-0.05, 0) is 12.1 Å². The Morgan fingerprint density at radius 2 is 2.14 bits per heavy atom. The molecule has 2 aromatic heterocycles. The number of nitrogens with one attached hydrogen (secondary N) is 2. The van der Waals surface area contributed by atoms with Crippen LogP contribution in [0.2, 0.25) is 0 Å². The Labute approximate surface area is 170 Å². The summed E-state index contributed by atoms with van der Waals surface area (Å²) in [6, 6.07) is 3.51. The molecular formula is C16H16BN7O4S. The smallest absolute Gasteiger partial charge is 0.257 e. The number of hydroxylamine groups is 1. The molecule has 5 N–H and O–H groups in total. The van der Waals surface area contributed by atoms with Crippen molar-refractivity contribution >= 4 is 48.0 Å². The molecule has 0 atom stereocenters. The van der Waals surface area contributed by atoms with E-state index >= 15 is 0 Å². The highest BCUT2D eigenvalue weighted by Crippen LogP contribution is 2.37. The molecule has 1 amide bonds. The van der Waals surface area contributed by atoms with E-state index in [2.05, 4.69) is 20.3 Å². The van der Waals surface area contributed by atoms with E-state index in [0.29, 0.717) is 46.4 Å². The molecule has 0 saturated heterocycles. The van der Waals surface area contributed by atoms with Crippen molar-refractivity contribution in [2.45, 2.75) is 16.6 Å². The lowest BCUT2D eigenvalue weighted by Crippen LogP contribution is -2.33. The van der Waals surface area contributed by atoms with Gasteiger partial charge in [0.2, 0.25) is 6.79 Å². The van der Waals surface area contributed by atoms with E-state index in [1.807, 2.05) is 4.57 Å². The van der Waals surface area contributed by atoms with Crippen LogP contribution in [0.3, 0.4) is 0 Å². The molecule has 3 heterocycles. The maximum Gasteiger partial charge on any atom is 0.257 e. The van der Waals surface area contributed by atoms with Crippen molar-refractivity contribution in [3.8, 4) is 11.5 Å². The first kappa shape index (κ1) is 19.3. The minimum absolute atomic E-state index is 0.0299. The van der Waals surface area contributed by atoms with Gasteiger partial charge in [0.25, 0.3) is 5.91 Å². The first-order chi connectivity index (χ1) is 14.1. The molecule has 11 nitrogen and oxygen atoms in total. The highest BCUT2D eigenvalue weighted by Gasteiger charge is 2.20. The molecular weight excluding hydrogens is 397 g/mol. The standard InChI is InChI=1S/C16H16BN7O4S/c17-8-3-9-10(28-7-27-9)4-11(8)29-16-22-13-14(18)20-6-21-15(13)24(16)2-1-19-5-12(25)23-26/h3-4,6,19,26H,1-2,5,7H2,(H,23,25)(H2,18,20,21). The van der Waals surface area contributed by atoms with E-state index < -0.39 is 5.91 Å². The number of rotatable bonds is 7. The van der Waals surface area contributed by atoms with Crippen molar-refractivity contribution in [2.75, 3.05) is 25.6 Å². The number of carbonyl (C=O) groups is 1. The first-order valence-corrected chi connectivity index (χ1v) is 9.36. The summed E-state index contributed by atoms with van der Waals surface area (Å²) in [5.74, 6) is 0.943. The molecule has 0 unspecified atom stereocenters. The van der Waals surface area contributed by atoms with E-state index in [1.165, 1.54) is 18.1 Å². The van der Waals surface area contributed by atoms with Crippen LogP contribution in [0.4, 0.5) is 5.82 Å². The van der Waals surface area contributed by atoms with Crippen molar-refractivity contribution in [3.05, 3.63) is 18.5 Å². The molecule has 2 radical (unpaired) electrons. The van der Waals surface area contributed by atoms with Crippen LogP contribution in [0, 0.1) is 0 Å². The Hall–Kier alpha value is -3.03. The van der Waals surface area contributed by atoms with E-state index in [1.54, 1.807) is 17.6 Å². The quantitative estimate of drug-likeness (QED) is 0.167. The predicted octanol–water partition coefficient (Wildman–Crippen LogP) is -0.823. The van der Waals surface area contributed by atoms with Gasteiger partial charge in [0.1, 0.15) is 14.2 Å². The summed E-state index contributed by atoms with van der Waals surface area (Å²) in [4.78, 5) is 24.7. The molecule has 0 aliphatic carbocycles. The number of nitrogens with zero attached hydrogens (tertiary/aromatic N) is 4. The monoisotopic (exact) mass is 413 g/mol. The largest absolute Gasteiger partial charge is 0.454 e. The third-order valence-corrected chi connectivity index (χ3v) is 5.22. The lowest BCUT2D eigenvalue weighted by molar-refractivity contribution is -0.128. The van der Waals surface area contributed by atoms with Crippen LogP contribution < -0.4 is 31.5 Å². The average Bonchev–Trinajstić information content (AvgIpc) is 3.30. The topological polar surface area (TPSA) is 149 Å². The van der Waals surface area contributed by atoms with Crippen LogP contribution in [0.5, 0.6) is 11.5 Å². The highest BCUT2D eigenvalue weighted by atomic mass is 32.2. The van der Waals surface area contributed by atoms with E-state index in [9.17, 15) is 4.79 Å². The fraction of sp³-hybridized carbons (Fsp3) is 0.250. The third kappa shape index (κ3) is 3.92. The van der Waals surface area contributed by atoms with Gasteiger partial charge in [-0.15, -0.1) is 0 Å². The molecule has 29 heavy (non-hydrogen) atoms. The van der Waals surface area contributed by atoms with Gasteiger partial charge in [-0.3, -0.25) is 10.0 Å². The molecule has 1 aliphatic rings. The van der Waals surface area contributed by atoms with Crippen LogP contribution in [-0.4, -0.2) is 58.4 Å². The van der Waals surface area contributed by atoms with Gasteiger partial charge >= 0.3 is 0 Å². The summed E-state index contributed by atoms with van der Waals surface area (Å²) >= 11 is 1.33. The second-order valence-electron chi connectivity index (χ2n) is 6.03. The highest BCUT2D eigenvalue weighted by molar-refractivity contribution is 7.99.